The maximum atomic E-state index is 12.4. The van der Waals surface area contributed by atoms with Gasteiger partial charge in [0.15, 0.2) is 11.3 Å². The van der Waals surface area contributed by atoms with Crippen molar-refractivity contribution in [3.63, 3.8) is 0 Å². The summed E-state index contributed by atoms with van der Waals surface area (Å²) in [7, 11) is 1.46. The molecule has 1 N–H and O–H groups in total. The average molecular weight is 334 g/mol. The molecule has 1 amide bonds. The number of nitrogens with zero attached hydrogens (tertiary/aromatic N) is 5. The molecule has 3 rings (SSSR count). The van der Waals surface area contributed by atoms with Gasteiger partial charge in [-0.3, -0.25) is 9.59 Å². The molecule has 24 heavy (non-hydrogen) atoms. The highest BCUT2D eigenvalue weighted by Gasteiger charge is 2.27. The number of carbonyl (C=O) groups excluding carboxylic acids is 2. The molecular weight excluding hydrogens is 316 g/mol. The summed E-state index contributed by atoms with van der Waals surface area (Å²) >= 11 is 0. The lowest BCUT2D eigenvalue weighted by molar-refractivity contribution is -0.148. The lowest BCUT2D eigenvalue weighted by Crippen LogP contribution is -2.41. The summed E-state index contributed by atoms with van der Waals surface area (Å²) in [5.74, 6) is -0.744. The Balaban J connectivity index is 1.74. The van der Waals surface area contributed by atoms with Gasteiger partial charge in [-0.05, 0) is 19.3 Å². The van der Waals surface area contributed by atoms with E-state index in [4.69, 9.17) is 4.74 Å². The fourth-order valence-electron chi connectivity index (χ4n) is 2.91. The molecule has 1 aliphatic rings. The van der Waals surface area contributed by atoms with Crippen LogP contribution in [-0.4, -0.2) is 48.4 Å². The van der Waals surface area contributed by atoms with Gasteiger partial charge in [-0.15, -0.1) is 5.10 Å². The zero-order valence-corrected chi connectivity index (χ0v) is 13.4. The Bertz CT molecular complexity index is 841. The van der Waals surface area contributed by atoms with Crippen molar-refractivity contribution in [3.05, 3.63) is 22.5 Å². The molecule has 1 fully saturated rings. The molecular formula is C14H18N6O4. The largest absolute Gasteiger partial charge is 0.462 e. The van der Waals surface area contributed by atoms with E-state index in [1.54, 1.807) is 0 Å². The SMILES string of the molecule is CC(=O)OC1CCCC(NC(=O)c2ncn3c(=O)n(C)nnc23)C1. The van der Waals surface area contributed by atoms with Gasteiger partial charge in [0.05, 0.1) is 0 Å². The average Bonchev–Trinajstić information content (AvgIpc) is 2.95. The zero-order chi connectivity index (χ0) is 17.3. The van der Waals surface area contributed by atoms with Crippen LogP contribution < -0.4 is 11.0 Å². The molecule has 1 saturated carbocycles. The molecule has 1 aliphatic carbocycles. The topological polar surface area (TPSA) is 120 Å². The van der Waals surface area contributed by atoms with Gasteiger partial charge in [0, 0.05) is 26.4 Å². The Morgan fingerprint density at radius 1 is 1.38 bits per heavy atom. The number of esters is 1. The van der Waals surface area contributed by atoms with Crippen LogP contribution in [0.1, 0.15) is 43.1 Å². The van der Waals surface area contributed by atoms with Crippen molar-refractivity contribution in [1.82, 2.24) is 29.7 Å². The van der Waals surface area contributed by atoms with Gasteiger partial charge in [0.25, 0.3) is 5.91 Å². The van der Waals surface area contributed by atoms with E-state index in [0.29, 0.717) is 6.42 Å². The maximum absolute atomic E-state index is 12.4. The number of fused-ring (bicyclic) bond motifs is 1. The number of carbonyl (C=O) groups is 2. The molecule has 2 heterocycles. The molecule has 2 aromatic rings. The molecule has 10 heteroatoms. The third-order valence-electron chi connectivity index (χ3n) is 4.01. The second kappa shape index (κ2) is 6.38. The Labute approximate surface area is 136 Å². The predicted molar refractivity (Wildman–Crippen MR) is 81.3 cm³/mol. The minimum atomic E-state index is -0.431. The third-order valence-corrected chi connectivity index (χ3v) is 4.01. The monoisotopic (exact) mass is 334 g/mol. The quantitative estimate of drug-likeness (QED) is 0.746. The molecule has 0 saturated heterocycles. The van der Waals surface area contributed by atoms with E-state index in [1.807, 2.05) is 0 Å². The van der Waals surface area contributed by atoms with Gasteiger partial charge in [-0.25, -0.2) is 14.2 Å². The number of imidazole rings is 1. The smallest absolute Gasteiger partial charge is 0.352 e. The van der Waals surface area contributed by atoms with Crippen LogP contribution in [0.25, 0.3) is 5.65 Å². The number of rotatable bonds is 3. The van der Waals surface area contributed by atoms with Crippen LogP contribution in [0.3, 0.4) is 0 Å². The van der Waals surface area contributed by atoms with Gasteiger partial charge in [-0.1, -0.05) is 5.21 Å². The van der Waals surface area contributed by atoms with Crippen LogP contribution in [0, 0.1) is 0 Å². The molecule has 128 valence electrons. The lowest BCUT2D eigenvalue weighted by Gasteiger charge is -2.29. The van der Waals surface area contributed by atoms with Crippen LogP contribution in [0.5, 0.6) is 0 Å². The fraction of sp³-hybridized carbons (Fsp3) is 0.571. The van der Waals surface area contributed by atoms with Crippen molar-refractivity contribution in [2.24, 2.45) is 7.05 Å². The summed E-state index contributed by atoms with van der Waals surface area (Å²) in [6.07, 6.45) is 4.07. The highest BCUT2D eigenvalue weighted by Crippen LogP contribution is 2.21. The summed E-state index contributed by atoms with van der Waals surface area (Å²) in [6, 6.07) is -0.119. The normalized spacial score (nSPS) is 20.8. The van der Waals surface area contributed by atoms with E-state index in [2.05, 4.69) is 20.6 Å². The molecule has 0 aromatic carbocycles. The van der Waals surface area contributed by atoms with Gasteiger partial charge < -0.3 is 10.1 Å². The number of hydrogen-bond acceptors (Lipinski definition) is 7. The molecule has 0 aliphatic heterocycles. The van der Waals surface area contributed by atoms with Crippen LogP contribution >= 0.6 is 0 Å². The zero-order valence-electron chi connectivity index (χ0n) is 13.4. The number of aromatic nitrogens is 5. The van der Waals surface area contributed by atoms with E-state index in [0.717, 1.165) is 23.9 Å². The Hall–Kier alpha value is -2.78. The predicted octanol–water partition coefficient (Wildman–Crippen LogP) is -0.573. The van der Waals surface area contributed by atoms with Crippen molar-refractivity contribution >= 4 is 17.5 Å². The van der Waals surface area contributed by atoms with Gasteiger partial charge in [0.1, 0.15) is 12.4 Å². The van der Waals surface area contributed by atoms with Crippen molar-refractivity contribution < 1.29 is 14.3 Å². The summed E-state index contributed by atoms with van der Waals surface area (Å²) in [6.45, 7) is 1.37. The summed E-state index contributed by atoms with van der Waals surface area (Å²) in [4.78, 5) is 39.4. The first-order valence-corrected chi connectivity index (χ1v) is 7.71. The van der Waals surface area contributed by atoms with Crippen LogP contribution in [0.4, 0.5) is 0 Å². The van der Waals surface area contributed by atoms with E-state index < -0.39 is 11.6 Å². The standard InChI is InChI=1S/C14H18N6O4/c1-8(21)24-10-5-3-4-9(6-10)16-13(22)11-12-17-18-19(2)14(23)20(12)7-15-11/h7,9-10H,3-6H2,1-2H3,(H,16,22). The molecule has 2 unspecified atom stereocenters. The maximum Gasteiger partial charge on any atom is 0.352 e. The Morgan fingerprint density at radius 2 is 2.17 bits per heavy atom. The molecule has 2 aromatic heterocycles. The van der Waals surface area contributed by atoms with Crippen LogP contribution in [0.2, 0.25) is 0 Å². The Kier molecular flexibility index (Phi) is 4.28. The first-order chi connectivity index (χ1) is 11.5. The fourth-order valence-corrected chi connectivity index (χ4v) is 2.91. The van der Waals surface area contributed by atoms with Crippen molar-refractivity contribution in [2.75, 3.05) is 0 Å². The third kappa shape index (κ3) is 3.12. The number of nitrogens with one attached hydrogen (secondary N) is 1. The van der Waals surface area contributed by atoms with Crippen LogP contribution in [-0.2, 0) is 16.6 Å². The molecule has 0 spiro atoms. The number of hydrogen-bond donors (Lipinski definition) is 1. The summed E-state index contributed by atoms with van der Waals surface area (Å²) < 4.78 is 7.44. The van der Waals surface area contributed by atoms with Crippen LogP contribution in [0.15, 0.2) is 11.1 Å². The number of ether oxygens (including phenoxy) is 1. The van der Waals surface area contributed by atoms with Crippen molar-refractivity contribution in [2.45, 2.75) is 44.8 Å². The summed E-state index contributed by atoms with van der Waals surface area (Å²) in [5, 5.41) is 10.4. The van der Waals surface area contributed by atoms with Gasteiger partial charge in [0.2, 0.25) is 0 Å². The van der Waals surface area contributed by atoms with Crippen molar-refractivity contribution in [1.29, 1.82) is 0 Å². The van der Waals surface area contributed by atoms with Crippen molar-refractivity contribution in [3.8, 4) is 0 Å². The first-order valence-electron chi connectivity index (χ1n) is 7.71. The highest BCUT2D eigenvalue weighted by molar-refractivity contribution is 5.97. The second-order valence-corrected chi connectivity index (χ2v) is 5.85. The summed E-state index contributed by atoms with van der Waals surface area (Å²) in [5.41, 5.74) is -0.267. The molecule has 0 bridgehead atoms. The number of amides is 1. The first kappa shape index (κ1) is 16.1. The minimum absolute atomic E-state index is 0.0507. The Morgan fingerprint density at radius 3 is 2.92 bits per heavy atom. The number of aryl methyl sites for hydroxylation is 1. The minimum Gasteiger partial charge on any atom is -0.462 e. The molecule has 0 radical (unpaired) electrons. The van der Waals surface area contributed by atoms with E-state index in [-0.39, 0.29) is 29.5 Å². The highest BCUT2D eigenvalue weighted by atomic mass is 16.5. The lowest BCUT2D eigenvalue weighted by atomic mass is 9.92. The van der Waals surface area contributed by atoms with E-state index in [1.165, 1.54) is 24.7 Å². The van der Waals surface area contributed by atoms with Gasteiger partial charge in [-0.2, -0.15) is 4.68 Å². The second-order valence-electron chi connectivity index (χ2n) is 5.85. The molecule has 2 atom stereocenters. The molecule has 10 nitrogen and oxygen atoms in total. The van der Waals surface area contributed by atoms with E-state index in [9.17, 15) is 14.4 Å². The van der Waals surface area contributed by atoms with E-state index >= 15 is 0 Å². The van der Waals surface area contributed by atoms with Gasteiger partial charge >= 0.3 is 11.7 Å².